The molecule has 1 saturated heterocycles. The summed E-state index contributed by atoms with van der Waals surface area (Å²) < 4.78 is 31.8. The minimum atomic E-state index is -3.32. The number of sulfonamides is 1. The molecule has 0 aromatic heterocycles. The number of thioether (sulfide) groups is 1. The topological polar surface area (TPSA) is 67.4 Å². The Kier molecular flexibility index (Phi) is 5.79. The number of anilines is 1. The second-order valence-corrected chi connectivity index (χ2v) is 9.11. The Morgan fingerprint density at radius 3 is 2.65 bits per heavy atom. The highest BCUT2D eigenvalue weighted by atomic mass is 32.2. The number of nitrogens with one attached hydrogen (secondary N) is 2. The van der Waals surface area contributed by atoms with Crippen molar-refractivity contribution in [1.29, 1.82) is 0 Å². The van der Waals surface area contributed by atoms with Crippen LogP contribution in [0.1, 0.15) is 30.0 Å². The molecule has 0 radical (unpaired) electrons. The largest absolute Gasteiger partial charge is 0.457 e. The molecule has 2 N–H and O–H groups in total. The van der Waals surface area contributed by atoms with Crippen LogP contribution in [0.2, 0.25) is 0 Å². The first-order chi connectivity index (χ1) is 12.4. The highest BCUT2D eigenvalue weighted by molar-refractivity contribution is 7.98. The zero-order chi connectivity index (χ0) is 18.7. The van der Waals surface area contributed by atoms with Crippen LogP contribution in [0.5, 0.6) is 11.5 Å². The van der Waals surface area contributed by atoms with E-state index >= 15 is 0 Å². The van der Waals surface area contributed by atoms with Crippen LogP contribution in [0.15, 0.2) is 41.3 Å². The van der Waals surface area contributed by atoms with Crippen LogP contribution in [0.3, 0.4) is 0 Å². The number of ether oxygens (including phenoxy) is 1. The SMILES string of the molecule is CSc1ccc(Oc2ccc(NS(C)(=O)=O)cc2C2CCCN2)cc1C. The van der Waals surface area contributed by atoms with E-state index in [-0.39, 0.29) is 6.04 Å². The minimum absolute atomic E-state index is 0.165. The zero-order valence-electron chi connectivity index (χ0n) is 15.2. The van der Waals surface area contributed by atoms with Gasteiger partial charge in [0.2, 0.25) is 10.0 Å². The third-order valence-corrected chi connectivity index (χ3v) is 5.85. The number of benzene rings is 2. The first-order valence-electron chi connectivity index (χ1n) is 8.53. The van der Waals surface area contributed by atoms with E-state index in [1.807, 2.05) is 24.3 Å². The van der Waals surface area contributed by atoms with Gasteiger partial charge in [0.1, 0.15) is 11.5 Å². The Morgan fingerprint density at radius 2 is 2.04 bits per heavy atom. The second-order valence-electron chi connectivity index (χ2n) is 6.51. The van der Waals surface area contributed by atoms with Crippen LogP contribution in [0.4, 0.5) is 5.69 Å². The molecule has 0 amide bonds. The van der Waals surface area contributed by atoms with E-state index < -0.39 is 10.0 Å². The molecule has 0 spiro atoms. The lowest BCUT2D eigenvalue weighted by Crippen LogP contribution is -2.15. The molecule has 5 nitrogen and oxygen atoms in total. The van der Waals surface area contributed by atoms with Crippen molar-refractivity contribution in [1.82, 2.24) is 5.32 Å². The lowest BCUT2D eigenvalue weighted by molar-refractivity contribution is 0.465. The number of hydrogen-bond donors (Lipinski definition) is 2. The molecule has 0 saturated carbocycles. The van der Waals surface area contributed by atoms with E-state index in [0.29, 0.717) is 5.69 Å². The van der Waals surface area contributed by atoms with Crippen molar-refractivity contribution in [3.05, 3.63) is 47.5 Å². The highest BCUT2D eigenvalue weighted by Gasteiger charge is 2.21. The first-order valence-corrected chi connectivity index (χ1v) is 11.6. The predicted octanol–water partition coefficient (Wildman–Crippen LogP) is 4.31. The maximum absolute atomic E-state index is 11.5. The van der Waals surface area contributed by atoms with Crippen LogP contribution >= 0.6 is 11.8 Å². The number of aryl methyl sites for hydroxylation is 1. The van der Waals surface area contributed by atoms with Gasteiger partial charge in [0.05, 0.1) is 6.26 Å². The summed E-state index contributed by atoms with van der Waals surface area (Å²) in [5, 5.41) is 3.46. The molecule has 0 bridgehead atoms. The molecule has 3 rings (SSSR count). The lowest BCUT2D eigenvalue weighted by Gasteiger charge is -2.18. The summed E-state index contributed by atoms with van der Waals surface area (Å²) in [6.07, 6.45) is 5.31. The fourth-order valence-electron chi connectivity index (χ4n) is 3.18. The Balaban J connectivity index is 1.93. The fourth-order valence-corrected chi connectivity index (χ4v) is 4.32. The maximum Gasteiger partial charge on any atom is 0.229 e. The summed E-state index contributed by atoms with van der Waals surface area (Å²) in [6, 6.07) is 11.6. The molecule has 2 aromatic rings. The quantitative estimate of drug-likeness (QED) is 0.717. The van der Waals surface area contributed by atoms with E-state index in [0.717, 1.165) is 42.7 Å². The predicted molar refractivity (Wildman–Crippen MR) is 108 cm³/mol. The van der Waals surface area contributed by atoms with Gasteiger partial charge >= 0.3 is 0 Å². The Hall–Kier alpha value is -1.70. The monoisotopic (exact) mass is 392 g/mol. The molecular formula is C19H24N2O3S2. The van der Waals surface area contributed by atoms with Crippen LogP contribution < -0.4 is 14.8 Å². The molecule has 140 valence electrons. The number of rotatable bonds is 6. The lowest BCUT2D eigenvalue weighted by atomic mass is 10.0. The van der Waals surface area contributed by atoms with Gasteiger partial charge in [-0.15, -0.1) is 11.8 Å². The summed E-state index contributed by atoms with van der Waals surface area (Å²) in [7, 11) is -3.32. The molecule has 7 heteroatoms. The molecule has 1 unspecified atom stereocenters. The minimum Gasteiger partial charge on any atom is -0.457 e. The smallest absolute Gasteiger partial charge is 0.229 e. The highest BCUT2D eigenvalue weighted by Crippen LogP contribution is 2.36. The van der Waals surface area contributed by atoms with Crippen LogP contribution in [0.25, 0.3) is 0 Å². The van der Waals surface area contributed by atoms with E-state index in [9.17, 15) is 8.42 Å². The summed E-state index contributed by atoms with van der Waals surface area (Å²) in [5.74, 6) is 1.53. The molecule has 1 fully saturated rings. The molecular weight excluding hydrogens is 368 g/mol. The number of hydrogen-bond acceptors (Lipinski definition) is 5. The average Bonchev–Trinajstić information content (AvgIpc) is 3.09. The van der Waals surface area contributed by atoms with Crippen LogP contribution in [-0.4, -0.2) is 27.5 Å². The molecule has 1 aliphatic heterocycles. The molecule has 0 aliphatic carbocycles. The fraction of sp³-hybridized carbons (Fsp3) is 0.368. The van der Waals surface area contributed by atoms with E-state index in [1.54, 1.807) is 17.8 Å². The molecule has 26 heavy (non-hydrogen) atoms. The van der Waals surface area contributed by atoms with Crippen molar-refractivity contribution in [3.63, 3.8) is 0 Å². The van der Waals surface area contributed by atoms with Gasteiger partial charge in [-0.3, -0.25) is 4.72 Å². The summed E-state index contributed by atoms with van der Waals surface area (Å²) in [5.41, 5.74) is 2.70. The van der Waals surface area contributed by atoms with Crippen LogP contribution in [0, 0.1) is 6.92 Å². The van der Waals surface area contributed by atoms with E-state index in [4.69, 9.17) is 4.74 Å². The third kappa shape index (κ3) is 4.72. The van der Waals surface area contributed by atoms with Gasteiger partial charge in [0, 0.05) is 22.2 Å². The Morgan fingerprint density at radius 1 is 1.23 bits per heavy atom. The van der Waals surface area contributed by atoms with Crippen LogP contribution in [-0.2, 0) is 10.0 Å². The normalized spacial score (nSPS) is 17.3. The Labute approximate surface area is 159 Å². The van der Waals surface area contributed by atoms with Gasteiger partial charge in [-0.2, -0.15) is 0 Å². The maximum atomic E-state index is 11.5. The van der Waals surface area contributed by atoms with Crippen molar-refractivity contribution in [2.24, 2.45) is 0 Å². The average molecular weight is 393 g/mol. The van der Waals surface area contributed by atoms with Gasteiger partial charge in [-0.05, 0) is 74.5 Å². The van der Waals surface area contributed by atoms with Gasteiger partial charge in [0.25, 0.3) is 0 Å². The van der Waals surface area contributed by atoms with E-state index in [1.165, 1.54) is 10.5 Å². The second kappa shape index (κ2) is 7.90. The van der Waals surface area contributed by atoms with Gasteiger partial charge in [-0.25, -0.2) is 8.42 Å². The van der Waals surface area contributed by atoms with Crippen molar-refractivity contribution in [3.8, 4) is 11.5 Å². The molecule has 1 atom stereocenters. The first kappa shape index (κ1) is 19.1. The molecule has 1 heterocycles. The Bertz CT molecular complexity index is 892. The van der Waals surface area contributed by atoms with Gasteiger partial charge in [-0.1, -0.05) is 0 Å². The van der Waals surface area contributed by atoms with Crippen molar-refractivity contribution in [2.45, 2.75) is 30.7 Å². The van der Waals surface area contributed by atoms with Gasteiger partial charge < -0.3 is 10.1 Å². The molecule has 2 aromatic carbocycles. The standard InChI is InChI=1S/C19H24N2O3S2/c1-13-11-15(7-9-19(13)25-2)24-18-8-6-14(21-26(3,22)23)12-16(18)17-5-4-10-20-17/h6-9,11-12,17,20-21H,4-5,10H2,1-3H3. The molecule has 1 aliphatic rings. The van der Waals surface area contributed by atoms with E-state index in [2.05, 4.69) is 29.3 Å². The third-order valence-electron chi connectivity index (χ3n) is 4.34. The zero-order valence-corrected chi connectivity index (χ0v) is 16.8. The van der Waals surface area contributed by atoms with Crippen molar-refractivity contribution < 1.29 is 13.2 Å². The summed E-state index contributed by atoms with van der Waals surface area (Å²) in [6.45, 7) is 3.02. The summed E-state index contributed by atoms with van der Waals surface area (Å²) in [4.78, 5) is 1.22. The summed E-state index contributed by atoms with van der Waals surface area (Å²) >= 11 is 1.71. The van der Waals surface area contributed by atoms with Crippen molar-refractivity contribution >= 4 is 27.5 Å². The van der Waals surface area contributed by atoms with Crippen molar-refractivity contribution in [2.75, 3.05) is 23.8 Å². The van der Waals surface area contributed by atoms with Gasteiger partial charge in [0.15, 0.2) is 0 Å².